The molecule has 0 aliphatic carbocycles. The number of rotatable bonds is 6. The molecule has 31 heavy (non-hydrogen) atoms. The fraction of sp³-hybridized carbons (Fsp3) is 0.227. The molecule has 1 amide bonds. The molecule has 1 N–H and O–H groups in total. The van der Waals surface area contributed by atoms with Crippen LogP contribution in [0.4, 0.5) is 24.7 Å². The smallest absolute Gasteiger partial charge is 0.261 e. The molecule has 1 aliphatic rings. The predicted octanol–water partition coefficient (Wildman–Crippen LogP) is 4.38. The molecule has 1 atom stereocenters. The molecular weight excluding hydrogens is 409 g/mol. The molecule has 1 fully saturated rings. The van der Waals surface area contributed by atoms with Gasteiger partial charge in [-0.25, -0.2) is 18.2 Å². The Morgan fingerprint density at radius 2 is 1.90 bits per heavy atom. The van der Waals surface area contributed by atoms with Crippen molar-refractivity contribution in [2.75, 3.05) is 18.5 Å². The second-order valence-corrected chi connectivity index (χ2v) is 7.07. The van der Waals surface area contributed by atoms with Crippen LogP contribution in [0.5, 0.6) is 5.75 Å². The van der Waals surface area contributed by atoms with Crippen LogP contribution < -0.4 is 10.1 Å². The summed E-state index contributed by atoms with van der Waals surface area (Å²) < 4.78 is 44.9. The first-order valence-electron chi connectivity index (χ1n) is 9.71. The maximum Gasteiger partial charge on any atom is 0.261 e. The van der Waals surface area contributed by atoms with Gasteiger partial charge in [-0.05, 0) is 49.2 Å². The first-order valence-corrected chi connectivity index (χ1v) is 9.71. The molecule has 1 saturated heterocycles. The molecule has 1 aromatic carbocycles. The van der Waals surface area contributed by atoms with Crippen LogP contribution in [0, 0.1) is 17.5 Å². The number of anilines is 2. The predicted molar refractivity (Wildman–Crippen MR) is 107 cm³/mol. The number of nitrogens with zero attached hydrogens (tertiary/aromatic N) is 3. The lowest BCUT2D eigenvalue weighted by Gasteiger charge is -2.24. The zero-order valence-electron chi connectivity index (χ0n) is 16.4. The zero-order valence-corrected chi connectivity index (χ0v) is 16.4. The summed E-state index contributed by atoms with van der Waals surface area (Å²) in [5.74, 6) is -1.98. The van der Waals surface area contributed by atoms with Gasteiger partial charge in [0.1, 0.15) is 17.5 Å². The molecule has 9 heteroatoms. The molecule has 4 rings (SSSR count). The fourth-order valence-corrected chi connectivity index (χ4v) is 3.46. The largest absolute Gasteiger partial charge is 0.481 e. The monoisotopic (exact) mass is 428 g/mol. The van der Waals surface area contributed by atoms with E-state index < -0.39 is 17.5 Å². The van der Waals surface area contributed by atoms with Crippen LogP contribution in [0.25, 0.3) is 0 Å². The molecule has 2 aromatic heterocycles. The summed E-state index contributed by atoms with van der Waals surface area (Å²) >= 11 is 0. The molecule has 0 radical (unpaired) electrons. The summed E-state index contributed by atoms with van der Waals surface area (Å²) in [7, 11) is 0. The van der Waals surface area contributed by atoms with Gasteiger partial charge in [0.2, 0.25) is 0 Å². The topological polar surface area (TPSA) is 67.3 Å². The number of aromatic nitrogens is 2. The van der Waals surface area contributed by atoms with Crippen molar-refractivity contribution in [1.82, 2.24) is 14.9 Å². The van der Waals surface area contributed by atoms with Gasteiger partial charge in [0, 0.05) is 12.6 Å². The van der Waals surface area contributed by atoms with Crippen LogP contribution in [0.3, 0.4) is 0 Å². The maximum atomic E-state index is 13.7. The minimum Gasteiger partial charge on any atom is -0.481 e. The number of nitrogens with one attached hydrogen (secondary N) is 1. The van der Waals surface area contributed by atoms with E-state index in [1.165, 1.54) is 12.1 Å². The highest BCUT2D eigenvalue weighted by molar-refractivity contribution is 5.78. The van der Waals surface area contributed by atoms with Crippen LogP contribution in [0.2, 0.25) is 0 Å². The second-order valence-electron chi connectivity index (χ2n) is 7.07. The number of benzene rings is 1. The van der Waals surface area contributed by atoms with Crippen LogP contribution in [-0.2, 0) is 4.79 Å². The van der Waals surface area contributed by atoms with Gasteiger partial charge in [0.15, 0.2) is 18.2 Å². The summed E-state index contributed by atoms with van der Waals surface area (Å²) in [6, 6.07) is 9.16. The van der Waals surface area contributed by atoms with Crippen molar-refractivity contribution < 1.29 is 22.7 Å². The third-order valence-electron chi connectivity index (χ3n) is 4.95. The normalized spacial score (nSPS) is 15.7. The maximum absolute atomic E-state index is 13.7. The van der Waals surface area contributed by atoms with E-state index in [4.69, 9.17) is 4.74 Å². The van der Waals surface area contributed by atoms with E-state index >= 15 is 0 Å². The van der Waals surface area contributed by atoms with E-state index in [-0.39, 0.29) is 24.3 Å². The molecule has 3 aromatic rings. The summed E-state index contributed by atoms with van der Waals surface area (Å²) in [6.45, 7) is 0.189. The molecule has 3 heterocycles. The van der Waals surface area contributed by atoms with E-state index in [1.807, 2.05) is 6.07 Å². The second kappa shape index (κ2) is 9.03. The number of hydrogen-bond acceptors (Lipinski definition) is 5. The van der Waals surface area contributed by atoms with Crippen LogP contribution in [-0.4, -0.2) is 33.9 Å². The highest BCUT2D eigenvalue weighted by atomic mass is 19.1. The first kappa shape index (κ1) is 20.6. The van der Waals surface area contributed by atoms with E-state index in [0.717, 1.165) is 36.9 Å². The minimum absolute atomic E-state index is 0.173. The minimum atomic E-state index is -0.855. The lowest BCUT2D eigenvalue weighted by molar-refractivity contribution is -0.134. The van der Waals surface area contributed by atoms with Crippen LogP contribution in [0.15, 0.2) is 54.9 Å². The molecule has 160 valence electrons. The standard InChI is InChI=1S/C22H19F3N4O2/c23-14-3-7-20(17(25)10-14)31-13-22(30)29-9-1-2-19(29)18-6-5-16(12-26-18)28-21-8-4-15(24)11-27-21/h3-8,10-12,19H,1-2,9,13H2,(H,27,28). The van der Waals surface area contributed by atoms with Gasteiger partial charge in [0.25, 0.3) is 5.91 Å². The SMILES string of the molecule is O=C(COc1ccc(F)cc1F)N1CCCC1c1ccc(Nc2ccc(F)cn2)cn1. The van der Waals surface area contributed by atoms with Crippen molar-refractivity contribution in [3.63, 3.8) is 0 Å². The highest BCUT2D eigenvalue weighted by Gasteiger charge is 2.31. The van der Waals surface area contributed by atoms with Gasteiger partial charge in [0.05, 0.1) is 29.8 Å². The van der Waals surface area contributed by atoms with E-state index in [0.29, 0.717) is 24.1 Å². The van der Waals surface area contributed by atoms with Crippen LogP contribution >= 0.6 is 0 Å². The number of amides is 1. The van der Waals surface area contributed by atoms with Crippen molar-refractivity contribution >= 4 is 17.4 Å². The van der Waals surface area contributed by atoms with Gasteiger partial charge < -0.3 is 15.0 Å². The number of carbonyl (C=O) groups is 1. The summed E-state index contributed by atoms with van der Waals surface area (Å²) in [5, 5.41) is 3.03. The van der Waals surface area contributed by atoms with Crippen molar-refractivity contribution in [1.29, 1.82) is 0 Å². The molecule has 1 aliphatic heterocycles. The molecular formula is C22H19F3N4O2. The highest BCUT2D eigenvalue weighted by Crippen LogP contribution is 2.31. The molecule has 6 nitrogen and oxygen atoms in total. The van der Waals surface area contributed by atoms with Gasteiger partial charge in [-0.2, -0.15) is 0 Å². The molecule has 0 saturated carbocycles. The number of halogens is 3. The molecule has 1 unspecified atom stereocenters. The fourth-order valence-electron chi connectivity index (χ4n) is 3.46. The van der Waals surface area contributed by atoms with Crippen molar-refractivity contribution in [3.8, 4) is 5.75 Å². The van der Waals surface area contributed by atoms with E-state index in [2.05, 4.69) is 15.3 Å². The van der Waals surface area contributed by atoms with Crippen molar-refractivity contribution in [2.45, 2.75) is 18.9 Å². The zero-order chi connectivity index (χ0) is 21.8. The summed E-state index contributed by atoms with van der Waals surface area (Å²) in [4.78, 5) is 22.7. The first-order chi connectivity index (χ1) is 15.0. The third-order valence-corrected chi connectivity index (χ3v) is 4.95. The Bertz CT molecular complexity index is 1060. The quantitative estimate of drug-likeness (QED) is 0.631. The van der Waals surface area contributed by atoms with Crippen molar-refractivity contribution in [2.24, 2.45) is 0 Å². The van der Waals surface area contributed by atoms with E-state index in [1.54, 1.807) is 17.2 Å². The Morgan fingerprint density at radius 3 is 2.61 bits per heavy atom. The van der Waals surface area contributed by atoms with Gasteiger partial charge >= 0.3 is 0 Å². The lowest BCUT2D eigenvalue weighted by atomic mass is 10.1. The lowest BCUT2D eigenvalue weighted by Crippen LogP contribution is -2.34. The number of carbonyl (C=O) groups excluding carboxylic acids is 1. The van der Waals surface area contributed by atoms with E-state index in [9.17, 15) is 18.0 Å². The van der Waals surface area contributed by atoms with Crippen molar-refractivity contribution in [3.05, 3.63) is 78.0 Å². The van der Waals surface area contributed by atoms with Gasteiger partial charge in [-0.1, -0.05) is 0 Å². The molecule has 0 bridgehead atoms. The third kappa shape index (κ3) is 4.93. The summed E-state index contributed by atoms with van der Waals surface area (Å²) in [6.07, 6.45) is 4.29. The number of pyridine rings is 2. The average Bonchev–Trinajstić information content (AvgIpc) is 3.25. The van der Waals surface area contributed by atoms with Gasteiger partial charge in [-0.3, -0.25) is 9.78 Å². The average molecular weight is 428 g/mol. The number of likely N-dealkylation sites (tertiary alicyclic amines) is 1. The Balaban J connectivity index is 1.39. The van der Waals surface area contributed by atoms with Crippen LogP contribution in [0.1, 0.15) is 24.6 Å². The Labute approximate surface area is 176 Å². The number of hydrogen-bond donors (Lipinski definition) is 1. The Hall–Kier alpha value is -3.62. The Morgan fingerprint density at radius 1 is 1.06 bits per heavy atom. The van der Waals surface area contributed by atoms with Gasteiger partial charge in [-0.15, -0.1) is 0 Å². The summed E-state index contributed by atoms with van der Waals surface area (Å²) in [5.41, 5.74) is 1.39. The number of ether oxygens (including phenoxy) is 1. The Kier molecular flexibility index (Phi) is 6.01. The molecule has 0 spiro atoms.